The van der Waals surface area contributed by atoms with E-state index in [1.807, 2.05) is 38.1 Å². The molecule has 4 nitrogen and oxygen atoms in total. The molecule has 2 aromatic rings. The van der Waals surface area contributed by atoms with Gasteiger partial charge in [-0.25, -0.2) is 0 Å². The lowest BCUT2D eigenvalue weighted by Crippen LogP contribution is -2.44. The molecule has 0 saturated carbocycles. The molecule has 4 heteroatoms. The lowest BCUT2D eigenvalue weighted by Gasteiger charge is -2.29. The average molecular weight is 340 g/mol. The Morgan fingerprint density at radius 2 is 1.84 bits per heavy atom. The number of pyridine rings is 1. The second-order valence-electron chi connectivity index (χ2n) is 6.95. The zero-order valence-corrected chi connectivity index (χ0v) is 16.0. The van der Waals surface area contributed by atoms with Crippen LogP contribution in [0.25, 0.3) is 0 Å². The summed E-state index contributed by atoms with van der Waals surface area (Å²) in [5.41, 5.74) is 3.26. The Labute approximate surface area is 150 Å². The molecule has 25 heavy (non-hydrogen) atoms. The van der Waals surface area contributed by atoms with E-state index < -0.39 is 6.10 Å². The zero-order valence-electron chi connectivity index (χ0n) is 16.0. The molecule has 0 saturated heterocycles. The van der Waals surface area contributed by atoms with Crippen molar-refractivity contribution in [2.75, 3.05) is 4.90 Å². The number of rotatable bonds is 6. The van der Waals surface area contributed by atoms with Crippen LogP contribution in [0.15, 0.2) is 42.7 Å². The number of carbonyl (C=O) groups excluding carboxylic acids is 1. The van der Waals surface area contributed by atoms with E-state index >= 15 is 0 Å². The number of amides is 1. The molecule has 1 aromatic carbocycles. The van der Waals surface area contributed by atoms with Crippen molar-refractivity contribution in [3.8, 4) is 5.75 Å². The van der Waals surface area contributed by atoms with Gasteiger partial charge in [-0.05, 0) is 69.0 Å². The number of benzene rings is 1. The Bertz CT molecular complexity index is 711. The zero-order chi connectivity index (χ0) is 18.6. The summed E-state index contributed by atoms with van der Waals surface area (Å²) >= 11 is 0. The molecule has 0 bridgehead atoms. The summed E-state index contributed by atoms with van der Waals surface area (Å²) in [6, 6.07) is 9.76. The van der Waals surface area contributed by atoms with Gasteiger partial charge in [0.25, 0.3) is 5.91 Å². The molecule has 0 aliphatic rings. The second-order valence-corrected chi connectivity index (χ2v) is 6.95. The van der Waals surface area contributed by atoms with Gasteiger partial charge in [-0.15, -0.1) is 0 Å². The third-order valence-corrected chi connectivity index (χ3v) is 4.20. The van der Waals surface area contributed by atoms with Gasteiger partial charge in [0.15, 0.2) is 6.10 Å². The van der Waals surface area contributed by atoms with Crippen molar-refractivity contribution in [3.63, 3.8) is 0 Å². The van der Waals surface area contributed by atoms with Gasteiger partial charge >= 0.3 is 0 Å². The number of aryl methyl sites for hydroxylation is 1. The number of anilines is 1. The Morgan fingerprint density at radius 3 is 2.36 bits per heavy atom. The Kier molecular flexibility index (Phi) is 6.18. The van der Waals surface area contributed by atoms with Gasteiger partial charge < -0.3 is 9.64 Å². The van der Waals surface area contributed by atoms with E-state index in [0.717, 1.165) is 11.4 Å². The molecule has 0 radical (unpaired) electrons. The van der Waals surface area contributed by atoms with Crippen LogP contribution in [0.3, 0.4) is 0 Å². The maximum Gasteiger partial charge on any atom is 0.268 e. The topological polar surface area (TPSA) is 42.4 Å². The molecule has 1 unspecified atom stereocenters. The Balaban J connectivity index is 2.17. The molecule has 0 fully saturated rings. The van der Waals surface area contributed by atoms with Gasteiger partial charge in [0, 0.05) is 12.2 Å². The monoisotopic (exact) mass is 340 g/mol. The number of hydrogen-bond acceptors (Lipinski definition) is 3. The van der Waals surface area contributed by atoms with E-state index in [1.165, 1.54) is 11.1 Å². The number of ether oxygens (including phenoxy) is 1. The molecule has 0 N–H and O–H groups in total. The first-order valence-corrected chi connectivity index (χ1v) is 8.81. The van der Waals surface area contributed by atoms with Gasteiger partial charge in [-0.2, -0.15) is 0 Å². The van der Waals surface area contributed by atoms with Gasteiger partial charge in [-0.1, -0.05) is 19.9 Å². The number of nitrogens with zero attached hydrogens (tertiary/aromatic N) is 2. The largest absolute Gasteiger partial charge is 0.481 e. The minimum atomic E-state index is -0.577. The third kappa shape index (κ3) is 4.59. The standard InChI is InChI=1S/C21H28N2O2/c1-14(2)20-10-9-19(12-16(20)5)25-17(6)21(24)23(15(3)4)18-8-7-11-22-13-18/h7-15,17H,1-6H3. The second kappa shape index (κ2) is 8.15. The Morgan fingerprint density at radius 1 is 1.12 bits per heavy atom. The highest BCUT2D eigenvalue weighted by Crippen LogP contribution is 2.25. The predicted molar refractivity (Wildman–Crippen MR) is 102 cm³/mol. The lowest BCUT2D eigenvalue weighted by molar-refractivity contribution is -0.125. The van der Waals surface area contributed by atoms with E-state index in [0.29, 0.717) is 5.92 Å². The third-order valence-electron chi connectivity index (χ3n) is 4.20. The molecular weight excluding hydrogens is 312 g/mol. The molecule has 1 aromatic heterocycles. The fourth-order valence-corrected chi connectivity index (χ4v) is 3.00. The molecule has 0 spiro atoms. The highest BCUT2D eigenvalue weighted by atomic mass is 16.5. The van der Waals surface area contributed by atoms with E-state index in [9.17, 15) is 4.79 Å². The van der Waals surface area contributed by atoms with Crippen molar-refractivity contribution < 1.29 is 9.53 Å². The maximum atomic E-state index is 12.9. The fraction of sp³-hybridized carbons (Fsp3) is 0.429. The first-order chi connectivity index (χ1) is 11.8. The molecular formula is C21H28N2O2. The highest BCUT2D eigenvalue weighted by Gasteiger charge is 2.26. The molecule has 1 amide bonds. The number of aromatic nitrogens is 1. The summed E-state index contributed by atoms with van der Waals surface area (Å²) in [6.07, 6.45) is 2.82. The van der Waals surface area contributed by atoms with Crippen LogP contribution >= 0.6 is 0 Å². The normalized spacial score (nSPS) is 12.3. The van der Waals surface area contributed by atoms with Crippen LogP contribution in [0.4, 0.5) is 5.69 Å². The number of carbonyl (C=O) groups is 1. The first-order valence-electron chi connectivity index (χ1n) is 8.81. The van der Waals surface area contributed by atoms with Crippen molar-refractivity contribution in [1.82, 2.24) is 4.98 Å². The van der Waals surface area contributed by atoms with Crippen molar-refractivity contribution in [3.05, 3.63) is 53.9 Å². The van der Waals surface area contributed by atoms with E-state index in [2.05, 4.69) is 31.8 Å². The van der Waals surface area contributed by atoms with Crippen molar-refractivity contribution in [1.29, 1.82) is 0 Å². The molecule has 0 aliphatic carbocycles. The smallest absolute Gasteiger partial charge is 0.268 e. The van der Waals surface area contributed by atoms with Crippen LogP contribution in [0.5, 0.6) is 5.75 Å². The molecule has 1 heterocycles. The summed E-state index contributed by atoms with van der Waals surface area (Å²) < 4.78 is 5.93. The maximum absolute atomic E-state index is 12.9. The van der Waals surface area contributed by atoms with Crippen LogP contribution in [0.1, 0.15) is 51.7 Å². The fourth-order valence-electron chi connectivity index (χ4n) is 3.00. The van der Waals surface area contributed by atoms with E-state index in [-0.39, 0.29) is 11.9 Å². The highest BCUT2D eigenvalue weighted by molar-refractivity contribution is 5.96. The molecule has 0 aliphatic heterocycles. The molecule has 1 atom stereocenters. The Hall–Kier alpha value is -2.36. The van der Waals surface area contributed by atoms with Gasteiger partial charge in [0.05, 0.1) is 11.9 Å². The van der Waals surface area contributed by atoms with Crippen LogP contribution in [-0.2, 0) is 4.79 Å². The first kappa shape index (κ1) is 19.0. The summed E-state index contributed by atoms with van der Waals surface area (Å²) in [4.78, 5) is 18.8. The minimum absolute atomic E-state index is 0.0211. The van der Waals surface area contributed by atoms with Crippen molar-refractivity contribution in [2.24, 2.45) is 0 Å². The van der Waals surface area contributed by atoms with Crippen LogP contribution in [-0.4, -0.2) is 23.0 Å². The predicted octanol–water partition coefficient (Wildman–Crippen LogP) is 4.72. The minimum Gasteiger partial charge on any atom is -0.481 e. The summed E-state index contributed by atoms with van der Waals surface area (Å²) in [7, 11) is 0. The summed E-state index contributed by atoms with van der Waals surface area (Å²) in [6.45, 7) is 12.2. The van der Waals surface area contributed by atoms with Gasteiger partial charge in [-0.3, -0.25) is 9.78 Å². The van der Waals surface area contributed by atoms with Crippen LogP contribution in [0, 0.1) is 6.92 Å². The summed E-state index contributed by atoms with van der Waals surface area (Å²) in [5.74, 6) is 1.11. The quantitative estimate of drug-likeness (QED) is 0.764. The van der Waals surface area contributed by atoms with Gasteiger partial charge in [0.1, 0.15) is 5.75 Å². The van der Waals surface area contributed by atoms with Crippen molar-refractivity contribution in [2.45, 2.75) is 59.6 Å². The summed E-state index contributed by atoms with van der Waals surface area (Å²) in [5, 5.41) is 0. The van der Waals surface area contributed by atoms with Crippen molar-refractivity contribution >= 4 is 11.6 Å². The average Bonchev–Trinajstić information content (AvgIpc) is 2.55. The number of hydrogen-bond donors (Lipinski definition) is 0. The van der Waals surface area contributed by atoms with E-state index in [4.69, 9.17) is 4.74 Å². The lowest BCUT2D eigenvalue weighted by atomic mass is 9.98. The molecule has 2 rings (SSSR count). The van der Waals surface area contributed by atoms with Crippen LogP contribution < -0.4 is 9.64 Å². The SMILES string of the molecule is Cc1cc(OC(C)C(=O)N(c2cccnc2)C(C)C)ccc1C(C)C. The van der Waals surface area contributed by atoms with E-state index in [1.54, 1.807) is 24.2 Å². The molecule has 134 valence electrons. The van der Waals surface area contributed by atoms with Gasteiger partial charge in [0.2, 0.25) is 0 Å². The van der Waals surface area contributed by atoms with Crippen LogP contribution in [0.2, 0.25) is 0 Å².